The summed E-state index contributed by atoms with van der Waals surface area (Å²) >= 11 is 0. The maximum Gasteiger partial charge on any atom is 0.248 e. The van der Waals surface area contributed by atoms with Gasteiger partial charge in [0.15, 0.2) is 0 Å². The lowest BCUT2D eigenvalue weighted by molar-refractivity contribution is 0.0275. The molecule has 0 saturated carbocycles. The lowest BCUT2D eigenvalue weighted by Gasteiger charge is -2.34. The summed E-state index contributed by atoms with van der Waals surface area (Å²) < 4.78 is 19.7. The van der Waals surface area contributed by atoms with Gasteiger partial charge in [-0.25, -0.2) is 4.39 Å². The number of amides is 1. The van der Waals surface area contributed by atoms with E-state index in [0.29, 0.717) is 18.1 Å². The number of halogens is 1. The van der Waals surface area contributed by atoms with Crippen LogP contribution < -0.4 is 5.73 Å². The van der Waals surface area contributed by atoms with Crippen molar-refractivity contribution in [2.45, 2.75) is 37.7 Å². The molecule has 3 aromatic rings. The van der Waals surface area contributed by atoms with Crippen LogP contribution >= 0.6 is 0 Å². The number of hydrogen-bond donors (Lipinski definition) is 1. The van der Waals surface area contributed by atoms with Gasteiger partial charge in [0.1, 0.15) is 5.82 Å². The minimum absolute atomic E-state index is 0.0753. The first-order valence-corrected chi connectivity index (χ1v) is 11.5. The molecular formula is C27H29FN2O2. The molecule has 2 aliphatic rings. The van der Waals surface area contributed by atoms with E-state index >= 15 is 0 Å². The Hall–Kier alpha value is -2.76. The predicted octanol–water partition coefficient (Wildman–Crippen LogP) is 4.96. The molecule has 0 bridgehead atoms. The zero-order valence-corrected chi connectivity index (χ0v) is 18.2. The molecule has 1 atom stereocenters. The first kappa shape index (κ1) is 21.1. The summed E-state index contributed by atoms with van der Waals surface area (Å²) in [4.78, 5) is 14.0. The van der Waals surface area contributed by atoms with E-state index in [9.17, 15) is 9.18 Å². The van der Waals surface area contributed by atoms with Crippen molar-refractivity contribution in [1.29, 1.82) is 0 Å². The molecule has 0 aliphatic carbocycles. The molecule has 5 heteroatoms. The highest BCUT2D eigenvalue weighted by molar-refractivity contribution is 5.93. The first-order chi connectivity index (χ1) is 15.6. The second-order valence-corrected chi connectivity index (χ2v) is 9.00. The second kappa shape index (κ2) is 9.00. The molecule has 32 heavy (non-hydrogen) atoms. The number of hydrogen-bond acceptors (Lipinski definition) is 3. The number of ether oxygens (including phenoxy) is 1. The summed E-state index contributed by atoms with van der Waals surface area (Å²) in [6, 6.07) is 17.1. The Morgan fingerprint density at radius 3 is 2.72 bits per heavy atom. The molecule has 166 valence electrons. The van der Waals surface area contributed by atoms with Crippen LogP contribution in [0.1, 0.15) is 58.3 Å². The number of nitrogens with two attached hydrogens (primary N) is 1. The molecule has 5 rings (SSSR count). The predicted molar refractivity (Wildman–Crippen MR) is 124 cm³/mol. The fourth-order valence-electron chi connectivity index (χ4n) is 5.33. The van der Waals surface area contributed by atoms with E-state index in [1.165, 1.54) is 22.1 Å². The van der Waals surface area contributed by atoms with Gasteiger partial charge in [-0.1, -0.05) is 30.3 Å². The van der Waals surface area contributed by atoms with Crippen LogP contribution in [0.3, 0.4) is 0 Å². The number of nitrogens with zero attached hydrogens (tertiary/aromatic N) is 1. The zero-order chi connectivity index (χ0) is 22.1. The number of fused-ring (bicyclic) bond motifs is 2. The van der Waals surface area contributed by atoms with E-state index in [1.54, 1.807) is 12.1 Å². The normalized spacial score (nSPS) is 19.7. The van der Waals surface area contributed by atoms with Gasteiger partial charge in [-0.05, 0) is 96.4 Å². The molecule has 2 heterocycles. The minimum atomic E-state index is -0.380. The third-order valence-electron chi connectivity index (χ3n) is 7.08. The highest BCUT2D eigenvalue weighted by Crippen LogP contribution is 2.35. The molecule has 2 aliphatic heterocycles. The molecule has 1 amide bonds. The van der Waals surface area contributed by atoms with Gasteiger partial charge in [-0.2, -0.15) is 0 Å². The highest BCUT2D eigenvalue weighted by atomic mass is 19.1. The number of benzene rings is 3. The SMILES string of the molecule is NC(=O)c1ccc2c(c1)CCO[C@H]2CCN1CCC(c2cccc3cc(F)ccc23)CC1. The first-order valence-electron chi connectivity index (χ1n) is 11.5. The monoisotopic (exact) mass is 432 g/mol. The van der Waals surface area contributed by atoms with Crippen molar-refractivity contribution in [2.24, 2.45) is 5.73 Å². The lowest BCUT2D eigenvalue weighted by atomic mass is 9.86. The van der Waals surface area contributed by atoms with Crippen molar-refractivity contribution in [3.8, 4) is 0 Å². The summed E-state index contributed by atoms with van der Waals surface area (Å²) in [6.07, 6.45) is 4.07. The molecule has 4 nitrogen and oxygen atoms in total. The molecule has 1 fully saturated rings. The summed E-state index contributed by atoms with van der Waals surface area (Å²) in [7, 11) is 0. The van der Waals surface area contributed by atoms with Crippen LogP contribution in [-0.4, -0.2) is 37.0 Å². The summed E-state index contributed by atoms with van der Waals surface area (Å²) in [5.41, 5.74) is 9.73. The smallest absolute Gasteiger partial charge is 0.248 e. The Morgan fingerprint density at radius 2 is 1.91 bits per heavy atom. The minimum Gasteiger partial charge on any atom is -0.373 e. The van der Waals surface area contributed by atoms with E-state index in [1.807, 2.05) is 36.4 Å². The van der Waals surface area contributed by atoms with Crippen molar-refractivity contribution >= 4 is 16.7 Å². The van der Waals surface area contributed by atoms with Gasteiger partial charge in [-0.15, -0.1) is 0 Å². The molecule has 0 radical (unpaired) electrons. The van der Waals surface area contributed by atoms with Gasteiger partial charge in [0, 0.05) is 12.1 Å². The van der Waals surface area contributed by atoms with Crippen molar-refractivity contribution in [3.05, 3.63) is 82.7 Å². The summed E-state index contributed by atoms with van der Waals surface area (Å²) in [6.45, 7) is 3.80. The van der Waals surface area contributed by atoms with Gasteiger partial charge in [0.2, 0.25) is 5.91 Å². The van der Waals surface area contributed by atoms with Crippen molar-refractivity contribution in [3.63, 3.8) is 0 Å². The number of carbonyl (C=O) groups is 1. The van der Waals surface area contributed by atoms with E-state index in [2.05, 4.69) is 11.0 Å². The molecule has 2 N–H and O–H groups in total. The van der Waals surface area contributed by atoms with Crippen LogP contribution in [0.25, 0.3) is 10.8 Å². The number of rotatable bonds is 5. The summed E-state index contributed by atoms with van der Waals surface area (Å²) in [5.74, 6) is -0.0452. The Labute approximate surface area is 188 Å². The quantitative estimate of drug-likeness (QED) is 0.620. The van der Waals surface area contributed by atoms with Crippen molar-refractivity contribution in [1.82, 2.24) is 4.90 Å². The average Bonchev–Trinajstić information content (AvgIpc) is 2.82. The Morgan fingerprint density at radius 1 is 1.06 bits per heavy atom. The van der Waals surface area contributed by atoms with Crippen LogP contribution in [0.15, 0.2) is 54.6 Å². The Balaban J connectivity index is 1.20. The highest BCUT2D eigenvalue weighted by Gasteiger charge is 2.25. The third kappa shape index (κ3) is 4.27. The van der Waals surface area contributed by atoms with Crippen LogP contribution in [-0.2, 0) is 11.2 Å². The topological polar surface area (TPSA) is 55.6 Å². The van der Waals surface area contributed by atoms with E-state index < -0.39 is 0 Å². The molecule has 0 unspecified atom stereocenters. The molecule has 1 saturated heterocycles. The van der Waals surface area contributed by atoms with Gasteiger partial charge < -0.3 is 15.4 Å². The van der Waals surface area contributed by atoms with Gasteiger partial charge in [-0.3, -0.25) is 4.79 Å². The van der Waals surface area contributed by atoms with Gasteiger partial charge >= 0.3 is 0 Å². The standard InChI is InChI=1S/C27H29FN2O2/c28-22-5-7-24-19(17-22)2-1-3-23(24)18-8-12-30(13-9-18)14-10-26-25-6-4-21(27(29)31)16-20(25)11-15-32-26/h1-7,16-18,26H,8-15H2,(H2,29,31)/t26-/m0/s1. The van der Waals surface area contributed by atoms with E-state index in [4.69, 9.17) is 10.5 Å². The number of piperidine rings is 1. The van der Waals surface area contributed by atoms with Crippen LogP contribution in [0, 0.1) is 5.82 Å². The Bertz CT molecular complexity index is 1140. The van der Waals surface area contributed by atoms with Crippen LogP contribution in [0.5, 0.6) is 0 Å². The fourth-order valence-corrected chi connectivity index (χ4v) is 5.33. The third-order valence-corrected chi connectivity index (χ3v) is 7.08. The van der Waals surface area contributed by atoms with Crippen LogP contribution in [0.2, 0.25) is 0 Å². The zero-order valence-electron chi connectivity index (χ0n) is 18.2. The summed E-state index contributed by atoms with van der Waals surface area (Å²) in [5, 5.41) is 2.16. The Kier molecular flexibility index (Phi) is 5.94. The van der Waals surface area contributed by atoms with E-state index in [0.717, 1.165) is 50.7 Å². The molecule has 0 spiro atoms. The fraction of sp³-hybridized carbons (Fsp3) is 0.370. The van der Waals surface area contributed by atoms with Gasteiger partial charge in [0.05, 0.1) is 12.7 Å². The maximum atomic E-state index is 13.6. The van der Waals surface area contributed by atoms with Crippen molar-refractivity contribution < 1.29 is 13.9 Å². The average molecular weight is 433 g/mol. The van der Waals surface area contributed by atoms with Gasteiger partial charge in [0.25, 0.3) is 0 Å². The molecular weight excluding hydrogens is 403 g/mol. The van der Waals surface area contributed by atoms with Crippen LogP contribution in [0.4, 0.5) is 4.39 Å². The largest absolute Gasteiger partial charge is 0.373 e. The second-order valence-electron chi connectivity index (χ2n) is 9.00. The number of likely N-dealkylation sites (tertiary alicyclic amines) is 1. The molecule has 3 aromatic carbocycles. The number of primary amides is 1. The molecule has 0 aromatic heterocycles. The number of carbonyl (C=O) groups excluding carboxylic acids is 1. The van der Waals surface area contributed by atoms with E-state index in [-0.39, 0.29) is 17.8 Å². The maximum absolute atomic E-state index is 13.6. The van der Waals surface area contributed by atoms with Crippen molar-refractivity contribution in [2.75, 3.05) is 26.2 Å². The lowest BCUT2D eigenvalue weighted by Crippen LogP contribution is -2.35.